The van der Waals surface area contributed by atoms with Crippen molar-refractivity contribution in [3.05, 3.63) is 119 Å². The summed E-state index contributed by atoms with van der Waals surface area (Å²) in [4.78, 5) is 26.1. The van der Waals surface area contributed by atoms with Crippen LogP contribution in [0.5, 0.6) is 0 Å². The van der Waals surface area contributed by atoms with Gasteiger partial charge in [-0.05, 0) is 57.3 Å². The number of rotatable bonds is 16. The van der Waals surface area contributed by atoms with Crippen molar-refractivity contribution in [3.63, 3.8) is 0 Å². The lowest BCUT2D eigenvalue weighted by atomic mass is 9.96. The summed E-state index contributed by atoms with van der Waals surface area (Å²) >= 11 is 0. The van der Waals surface area contributed by atoms with Crippen molar-refractivity contribution in [2.45, 2.75) is 24.7 Å². The molecular weight excluding hydrogens is 564 g/mol. The second-order valence-electron chi connectivity index (χ2n) is 11.3. The van der Waals surface area contributed by atoms with Crippen molar-refractivity contribution >= 4 is 11.8 Å². The Morgan fingerprint density at radius 1 is 0.444 bits per heavy atom. The zero-order valence-corrected chi connectivity index (χ0v) is 25.5. The van der Waals surface area contributed by atoms with E-state index in [1.54, 1.807) is 0 Å². The maximum Gasteiger partial charge on any atom is 0.232 e. The monoisotopic (exact) mass is 604 g/mol. The molecule has 0 unspecified atom stereocenters. The predicted octanol–water partition coefficient (Wildman–Crippen LogP) is 5.67. The van der Waals surface area contributed by atoms with Gasteiger partial charge in [0, 0.05) is 26.3 Å². The Kier molecular flexibility index (Phi) is 10.3. The quantitative estimate of drug-likeness (QED) is 0.161. The van der Waals surface area contributed by atoms with E-state index in [2.05, 4.69) is 34.9 Å². The van der Waals surface area contributed by atoms with Crippen LogP contribution in [0.15, 0.2) is 97.1 Å². The van der Waals surface area contributed by atoms with Crippen LogP contribution in [0.25, 0.3) is 22.3 Å². The predicted molar refractivity (Wildman–Crippen MR) is 175 cm³/mol. The highest BCUT2D eigenvalue weighted by molar-refractivity contribution is 5.97. The van der Waals surface area contributed by atoms with Gasteiger partial charge in [-0.15, -0.1) is 0 Å². The maximum atomic E-state index is 13.1. The van der Waals surface area contributed by atoms with Crippen LogP contribution in [0.2, 0.25) is 0 Å². The highest BCUT2D eigenvalue weighted by Gasteiger charge is 2.34. The molecule has 45 heavy (non-hydrogen) atoms. The molecule has 0 saturated carbocycles. The van der Waals surface area contributed by atoms with Gasteiger partial charge in [-0.2, -0.15) is 0 Å². The number of nitrogens with one attached hydrogen (secondary N) is 2. The molecule has 2 N–H and O–H groups in total. The van der Waals surface area contributed by atoms with Gasteiger partial charge in [-0.25, -0.2) is 0 Å². The fourth-order valence-corrected chi connectivity index (χ4v) is 6.39. The Balaban J connectivity index is 0.776. The zero-order valence-electron chi connectivity index (χ0n) is 25.5. The van der Waals surface area contributed by atoms with E-state index in [4.69, 9.17) is 14.2 Å². The van der Waals surface area contributed by atoms with E-state index in [1.165, 1.54) is 0 Å². The second-order valence-corrected chi connectivity index (χ2v) is 11.3. The van der Waals surface area contributed by atoms with Gasteiger partial charge in [0.25, 0.3) is 0 Å². The molecule has 232 valence electrons. The van der Waals surface area contributed by atoms with Crippen LogP contribution in [0, 0.1) is 0 Å². The molecular formula is C38H40N2O5. The van der Waals surface area contributed by atoms with Crippen molar-refractivity contribution in [2.75, 3.05) is 52.7 Å². The number of ether oxygens (including phenoxy) is 3. The molecule has 0 atom stereocenters. The number of amides is 2. The summed E-state index contributed by atoms with van der Waals surface area (Å²) in [5.74, 6) is -0.464. The van der Waals surface area contributed by atoms with E-state index < -0.39 is 0 Å². The standard InChI is InChI=1S/C38H40N2O5/c41-37(35-31-15-5-1-11-27(31)28-12-2-6-16-32(28)35)39-19-9-21-43-23-25-45-26-24-44-22-10-20-40-38(42)36-33-17-7-3-13-29(33)30-14-4-8-18-34(30)36/h1-8,11-18,35-36H,9-10,19-26H2,(H,39,41)(H,40,42). The molecule has 2 aliphatic rings. The number of hydrogen-bond acceptors (Lipinski definition) is 5. The molecule has 2 aliphatic carbocycles. The lowest BCUT2D eigenvalue weighted by Gasteiger charge is -2.14. The van der Waals surface area contributed by atoms with E-state index >= 15 is 0 Å². The lowest BCUT2D eigenvalue weighted by molar-refractivity contribution is -0.122. The minimum atomic E-state index is -0.263. The van der Waals surface area contributed by atoms with E-state index in [9.17, 15) is 9.59 Å². The van der Waals surface area contributed by atoms with E-state index in [1.807, 2.05) is 72.8 Å². The summed E-state index contributed by atoms with van der Waals surface area (Å²) in [5, 5.41) is 6.17. The molecule has 0 heterocycles. The fourth-order valence-electron chi connectivity index (χ4n) is 6.39. The largest absolute Gasteiger partial charge is 0.379 e. The summed E-state index contributed by atoms with van der Waals surface area (Å²) in [6.07, 6.45) is 1.47. The third-order valence-electron chi connectivity index (χ3n) is 8.47. The van der Waals surface area contributed by atoms with Crippen molar-refractivity contribution in [2.24, 2.45) is 0 Å². The minimum absolute atomic E-state index is 0.0310. The first-order chi connectivity index (χ1) is 22.2. The SMILES string of the molecule is O=C(NCCCOCCOCCOCCCNC(=O)C1c2ccccc2-c2ccccc21)C1c2ccccc2-c2ccccc21. The van der Waals surface area contributed by atoms with Gasteiger partial charge in [-0.1, -0.05) is 97.1 Å². The summed E-state index contributed by atoms with van der Waals surface area (Å²) in [6.45, 7) is 4.22. The third kappa shape index (κ3) is 7.01. The van der Waals surface area contributed by atoms with E-state index in [0.717, 1.165) is 57.3 Å². The minimum Gasteiger partial charge on any atom is -0.379 e. The molecule has 0 saturated heterocycles. The molecule has 4 aromatic rings. The van der Waals surface area contributed by atoms with E-state index in [0.29, 0.717) is 52.7 Å². The highest BCUT2D eigenvalue weighted by Crippen LogP contribution is 2.45. The average Bonchev–Trinajstić information content (AvgIpc) is 3.59. The van der Waals surface area contributed by atoms with Crippen molar-refractivity contribution in [1.82, 2.24) is 10.6 Å². The molecule has 0 aromatic heterocycles. The first kappa shape index (κ1) is 30.7. The van der Waals surface area contributed by atoms with Crippen LogP contribution in [-0.2, 0) is 23.8 Å². The summed E-state index contributed by atoms with van der Waals surface area (Å²) < 4.78 is 16.9. The van der Waals surface area contributed by atoms with Crippen LogP contribution in [0.1, 0.15) is 46.9 Å². The Hall–Kier alpha value is -4.30. The summed E-state index contributed by atoms with van der Waals surface area (Å²) in [6, 6.07) is 32.6. The van der Waals surface area contributed by atoms with Crippen LogP contribution in [0.4, 0.5) is 0 Å². The Morgan fingerprint density at radius 2 is 0.733 bits per heavy atom. The number of benzene rings is 4. The smallest absolute Gasteiger partial charge is 0.232 e. The Morgan fingerprint density at radius 3 is 1.07 bits per heavy atom. The topological polar surface area (TPSA) is 85.9 Å². The number of carbonyl (C=O) groups is 2. The van der Waals surface area contributed by atoms with Crippen LogP contribution in [-0.4, -0.2) is 64.5 Å². The third-order valence-corrected chi connectivity index (χ3v) is 8.47. The second kappa shape index (κ2) is 15.1. The molecule has 0 radical (unpaired) electrons. The Bertz CT molecular complexity index is 1410. The van der Waals surface area contributed by atoms with Gasteiger partial charge in [0.2, 0.25) is 11.8 Å². The van der Waals surface area contributed by atoms with Crippen molar-refractivity contribution < 1.29 is 23.8 Å². The van der Waals surface area contributed by atoms with Crippen molar-refractivity contribution in [3.8, 4) is 22.3 Å². The van der Waals surface area contributed by atoms with Gasteiger partial charge in [-0.3, -0.25) is 9.59 Å². The van der Waals surface area contributed by atoms with Crippen LogP contribution < -0.4 is 10.6 Å². The number of fused-ring (bicyclic) bond motifs is 6. The van der Waals surface area contributed by atoms with Crippen LogP contribution in [0.3, 0.4) is 0 Å². The maximum absolute atomic E-state index is 13.1. The molecule has 2 amide bonds. The fraction of sp³-hybridized carbons (Fsp3) is 0.316. The molecule has 0 bridgehead atoms. The average molecular weight is 605 g/mol. The normalized spacial score (nSPS) is 13.2. The number of hydrogen-bond donors (Lipinski definition) is 2. The highest BCUT2D eigenvalue weighted by atomic mass is 16.5. The molecule has 4 aromatic carbocycles. The first-order valence-corrected chi connectivity index (χ1v) is 15.9. The molecule has 0 fully saturated rings. The Labute approximate surface area is 264 Å². The number of carbonyl (C=O) groups excluding carboxylic acids is 2. The molecule has 0 spiro atoms. The summed E-state index contributed by atoms with van der Waals surface area (Å²) in [7, 11) is 0. The van der Waals surface area contributed by atoms with Crippen LogP contribution >= 0.6 is 0 Å². The van der Waals surface area contributed by atoms with Gasteiger partial charge in [0.15, 0.2) is 0 Å². The summed E-state index contributed by atoms with van der Waals surface area (Å²) in [5.41, 5.74) is 8.84. The zero-order chi connectivity index (χ0) is 30.8. The van der Waals surface area contributed by atoms with E-state index in [-0.39, 0.29) is 23.7 Å². The molecule has 6 rings (SSSR count). The van der Waals surface area contributed by atoms with Crippen molar-refractivity contribution in [1.29, 1.82) is 0 Å². The molecule has 7 heteroatoms. The van der Waals surface area contributed by atoms with Gasteiger partial charge in [0.05, 0.1) is 38.3 Å². The molecule has 7 nitrogen and oxygen atoms in total. The van der Waals surface area contributed by atoms with Gasteiger partial charge >= 0.3 is 0 Å². The lowest BCUT2D eigenvalue weighted by Crippen LogP contribution is -2.30. The first-order valence-electron chi connectivity index (χ1n) is 15.9. The molecule has 0 aliphatic heterocycles. The van der Waals surface area contributed by atoms with Gasteiger partial charge < -0.3 is 24.8 Å². The van der Waals surface area contributed by atoms with Gasteiger partial charge in [0.1, 0.15) is 0 Å².